The van der Waals surface area contributed by atoms with E-state index in [0.29, 0.717) is 44.7 Å². The van der Waals surface area contributed by atoms with Crippen LogP contribution in [0.1, 0.15) is 43.7 Å². The van der Waals surface area contributed by atoms with Crippen LogP contribution < -0.4 is 0 Å². The van der Waals surface area contributed by atoms with Crippen molar-refractivity contribution in [3.05, 3.63) is 47.7 Å². The summed E-state index contributed by atoms with van der Waals surface area (Å²) in [6.45, 7) is 6.42. The number of aliphatic carboxylic acids is 1. The number of carboxylic acids is 1. The standard InChI is InChI=1S/C22H26O6/c1-16(2)28-19(20(23)24)15-18-5-3-4-17(14-18)6-7-21(25)8-10-22(11-9-21)26-12-13-27-22/h3-5,14,19,25H,1,8-13,15H2,2H3,(H,23,24). The first-order valence-electron chi connectivity index (χ1n) is 9.47. The van der Waals surface area contributed by atoms with E-state index in [1.807, 2.05) is 24.3 Å². The van der Waals surface area contributed by atoms with E-state index in [2.05, 4.69) is 18.4 Å². The predicted molar refractivity (Wildman–Crippen MR) is 102 cm³/mol. The van der Waals surface area contributed by atoms with Gasteiger partial charge in [-0.3, -0.25) is 0 Å². The van der Waals surface area contributed by atoms with E-state index in [1.54, 1.807) is 6.92 Å². The van der Waals surface area contributed by atoms with Crippen LogP contribution in [-0.4, -0.2) is 46.9 Å². The van der Waals surface area contributed by atoms with Crippen LogP contribution in [-0.2, 0) is 25.4 Å². The maximum atomic E-state index is 11.4. The minimum atomic E-state index is -1.07. The molecule has 2 N–H and O–H groups in total. The fraction of sp³-hybridized carbons (Fsp3) is 0.500. The maximum absolute atomic E-state index is 11.4. The molecule has 1 spiro atoms. The largest absolute Gasteiger partial charge is 0.484 e. The first-order chi connectivity index (χ1) is 13.3. The minimum absolute atomic E-state index is 0.208. The summed E-state index contributed by atoms with van der Waals surface area (Å²) in [6.07, 6.45) is 1.44. The highest BCUT2D eigenvalue weighted by Crippen LogP contribution is 2.39. The van der Waals surface area contributed by atoms with Gasteiger partial charge in [-0.1, -0.05) is 30.6 Å². The third-order valence-corrected chi connectivity index (χ3v) is 5.06. The first kappa shape index (κ1) is 20.4. The van der Waals surface area contributed by atoms with Crippen LogP contribution in [0.4, 0.5) is 0 Å². The van der Waals surface area contributed by atoms with Crippen molar-refractivity contribution >= 4 is 5.97 Å². The van der Waals surface area contributed by atoms with E-state index in [-0.39, 0.29) is 6.42 Å². The molecule has 6 nitrogen and oxygen atoms in total. The molecule has 1 saturated carbocycles. The number of hydrogen-bond acceptors (Lipinski definition) is 5. The third kappa shape index (κ3) is 5.14. The molecule has 1 aromatic rings. The Morgan fingerprint density at radius 3 is 2.57 bits per heavy atom. The molecule has 0 aromatic heterocycles. The number of ether oxygens (including phenoxy) is 3. The number of benzene rings is 1. The molecule has 150 valence electrons. The minimum Gasteiger partial charge on any atom is -0.484 e. The third-order valence-electron chi connectivity index (χ3n) is 5.06. The number of rotatable bonds is 5. The molecule has 6 heteroatoms. The van der Waals surface area contributed by atoms with Gasteiger partial charge < -0.3 is 24.4 Å². The van der Waals surface area contributed by atoms with Crippen molar-refractivity contribution in [2.75, 3.05) is 13.2 Å². The smallest absolute Gasteiger partial charge is 0.345 e. The Bertz CT molecular complexity index is 787. The van der Waals surface area contributed by atoms with Crippen molar-refractivity contribution in [2.45, 2.75) is 56.5 Å². The van der Waals surface area contributed by atoms with Crippen LogP contribution in [0.5, 0.6) is 0 Å². The van der Waals surface area contributed by atoms with E-state index in [9.17, 15) is 15.0 Å². The fourth-order valence-electron chi connectivity index (χ4n) is 3.56. The van der Waals surface area contributed by atoms with E-state index in [0.717, 1.165) is 11.1 Å². The molecule has 1 aliphatic heterocycles. The number of hydrogen-bond donors (Lipinski definition) is 2. The van der Waals surface area contributed by atoms with Crippen molar-refractivity contribution in [3.8, 4) is 11.8 Å². The Morgan fingerprint density at radius 2 is 1.96 bits per heavy atom. The zero-order chi connectivity index (χ0) is 20.2. The summed E-state index contributed by atoms with van der Waals surface area (Å²) in [6, 6.07) is 7.31. The molecule has 1 heterocycles. The summed E-state index contributed by atoms with van der Waals surface area (Å²) in [5, 5.41) is 20.1. The lowest BCUT2D eigenvalue weighted by atomic mass is 9.81. The Hall–Kier alpha value is -2.33. The fourth-order valence-corrected chi connectivity index (χ4v) is 3.56. The quantitative estimate of drug-likeness (QED) is 0.598. The van der Waals surface area contributed by atoms with Gasteiger partial charge >= 0.3 is 5.97 Å². The second-order valence-electron chi connectivity index (χ2n) is 7.44. The van der Waals surface area contributed by atoms with Crippen LogP contribution >= 0.6 is 0 Å². The zero-order valence-corrected chi connectivity index (χ0v) is 16.1. The molecular formula is C22H26O6. The van der Waals surface area contributed by atoms with E-state index in [4.69, 9.17) is 14.2 Å². The van der Waals surface area contributed by atoms with Crippen molar-refractivity contribution < 1.29 is 29.2 Å². The molecule has 1 aromatic carbocycles. The zero-order valence-electron chi connectivity index (χ0n) is 16.1. The average molecular weight is 386 g/mol. The molecular weight excluding hydrogens is 360 g/mol. The first-order valence-corrected chi connectivity index (χ1v) is 9.47. The monoisotopic (exact) mass is 386 g/mol. The summed E-state index contributed by atoms with van der Waals surface area (Å²) < 4.78 is 16.7. The van der Waals surface area contributed by atoms with E-state index < -0.39 is 23.5 Å². The lowest BCUT2D eigenvalue weighted by molar-refractivity contribution is -0.195. The number of carboxylic acid groups (broad SMARTS) is 1. The Kier molecular flexibility index (Phi) is 6.09. The van der Waals surface area contributed by atoms with Crippen molar-refractivity contribution in [3.63, 3.8) is 0 Å². The van der Waals surface area contributed by atoms with E-state index >= 15 is 0 Å². The molecule has 0 radical (unpaired) electrons. The summed E-state index contributed by atoms with van der Waals surface area (Å²) >= 11 is 0. The van der Waals surface area contributed by atoms with Crippen LogP contribution in [0.2, 0.25) is 0 Å². The van der Waals surface area contributed by atoms with Crippen LogP contribution in [0.25, 0.3) is 0 Å². The van der Waals surface area contributed by atoms with Gasteiger partial charge in [-0.05, 0) is 37.5 Å². The Morgan fingerprint density at radius 1 is 1.29 bits per heavy atom. The highest BCUT2D eigenvalue weighted by molar-refractivity contribution is 5.73. The number of carbonyl (C=O) groups is 1. The summed E-state index contributed by atoms with van der Waals surface area (Å²) in [5.74, 6) is 4.80. The van der Waals surface area contributed by atoms with E-state index in [1.165, 1.54) is 0 Å². The molecule has 2 aliphatic rings. The van der Waals surface area contributed by atoms with Crippen LogP contribution in [0.15, 0.2) is 36.6 Å². The maximum Gasteiger partial charge on any atom is 0.345 e. The molecule has 1 aliphatic carbocycles. The van der Waals surface area contributed by atoms with Crippen LogP contribution in [0.3, 0.4) is 0 Å². The Labute approximate surface area is 165 Å². The van der Waals surface area contributed by atoms with Gasteiger partial charge in [0.15, 0.2) is 11.9 Å². The second-order valence-corrected chi connectivity index (χ2v) is 7.44. The molecule has 2 fully saturated rings. The highest BCUT2D eigenvalue weighted by atomic mass is 16.7. The van der Waals surface area contributed by atoms with Gasteiger partial charge in [0.1, 0.15) is 5.60 Å². The average Bonchev–Trinajstić information content (AvgIpc) is 3.11. The Balaban J connectivity index is 1.66. The van der Waals surface area contributed by atoms with Gasteiger partial charge in [0.25, 0.3) is 0 Å². The SMILES string of the molecule is C=C(C)OC(Cc1cccc(C#CC2(O)CCC3(CC2)OCCO3)c1)C(=O)O. The summed E-state index contributed by atoms with van der Waals surface area (Å²) in [4.78, 5) is 11.4. The van der Waals surface area contributed by atoms with Crippen molar-refractivity contribution in [1.82, 2.24) is 0 Å². The molecule has 1 atom stereocenters. The highest BCUT2D eigenvalue weighted by Gasteiger charge is 2.44. The summed E-state index contributed by atoms with van der Waals surface area (Å²) in [5.41, 5.74) is 0.449. The molecule has 1 unspecified atom stereocenters. The normalized spacial score (nSPS) is 20.8. The molecule has 1 saturated heterocycles. The number of allylic oxidation sites excluding steroid dienone is 1. The van der Waals surface area contributed by atoms with Gasteiger partial charge in [-0.2, -0.15) is 0 Å². The van der Waals surface area contributed by atoms with Crippen molar-refractivity contribution in [1.29, 1.82) is 0 Å². The second kappa shape index (κ2) is 8.36. The topological polar surface area (TPSA) is 85.2 Å². The number of aliphatic hydroxyl groups is 1. The summed E-state index contributed by atoms with van der Waals surface area (Å²) in [7, 11) is 0. The van der Waals surface area contributed by atoms with Crippen LogP contribution in [0, 0.1) is 11.8 Å². The van der Waals surface area contributed by atoms with Crippen molar-refractivity contribution in [2.24, 2.45) is 0 Å². The molecule has 3 rings (SSSR count). The predicted octanol–water partition coefficient (Wildman–Crippen LogP) is 2.63. The van der Waals surface area contributed by atoms with Gasteiger partial charge in [-0.15, -0.1) is 0 Å². The lowest BCUT2D eigenvalue weighted by Crippen LogP contribution is -2.42. The van der Waals surface area contributed by atoms with Gasteiger partial charge in [0, 0.05) is 24.8 Å². The van der Waals surface area contributed by atoms with Gasteiger partial charge in [-0.25, -0.2) is 4.79 Å². The van der Waals surface area contributed by atoms with Gasteiger partial charge in [0.2, 0.25) is 0 Å². The molecule has 0 amide bonds. The lowest BCUT2D eigenvalue weighted by Gasteiger charge is -2.37. The molecule has 28 heavy (non-hydrogen) atoms. The van der Waals surface area contributed by atoms with Gasteiger partial charge in [0.05, 0.1) is 19.0 Å². The molecule has 0 bridgehead atoms.